The van der Waals surface area contributed by atoms with Crippen molar-refractivity contribution in [1.82, 2.24) is 0 Å². The average molecular weight is 486 g/mol. The van der Waals surface area contributed by atoms with E-state index in [-0.39, 0.29) is 148 Å². The molecule has 0 fully saturated rings. The summed E-state index contributed by atoms with van der Waals surface area (Å²) < 4.78 is 68.2. The Balaban J connectivity index is -0.0000000178. The molecule has 0 unspecified atom stereocenters. The third kappa shape index (κ3) is 196. The monoisotopic (exact) mass is 484 g/mol. The predicted octanol–water partition coefficient (Wildman–Crippen LogP) is -8.67. The smallest absolute Gasteiger partial charge is 0.759 e. The first kappa shape index (κ1) is 36.3. The van der Waals surface area contributed by atoms with Gasteiger partial charge < -0.3 is 18.2 Å². The fourth-order valence-corrected chi connectivity index (χ4v) is 0. The van der Waals surface area contributed by atoms with Crippen molar-refractivity contribution in [2.24, 2.45) is 0 Å². The Labute approximate surface area is 198 Å². The van der Waals surface area contributed by atoms with Crippen LogP contribution >= 0.6 is 0 Å². The third-order valence-electron chi connectivity index (χ3n) is 0. The molecule has 0 bridgehead atoms. The first-order valence-electron chi connectivity index (χ1n) is 1.33. The second kappa shape index (κ2) is 17.5. The minimum absolute atomic E-state index is 0. The van der Waals surface area contributed by atoms with Crippen LogP contribution in [0.2, 0.25) is 0 Å². The molecule has 0 atom stereocenters. The van der Waals surface area contributed by atoms with Crippen molar-refractivity contribution in [2.75, 3.05) is 0 Å². The van der Waals surface area contributed by atoms with Gasteiger partial charge in [0.05, 0.1) is 0 Å². The molecule has 0 spiro atoms. The molecular formula is Ag2K2O8S2. The fourth-order valence-electron chi connectivity index (χ4n) is 0. The van der Waals surface area contributed by atoms with Crippen LogP contribution in [-0.4, -0.2) is 35.0 Å². The van der Waals surface area contributed by atoms with E-state index in [9.17, 15) is 0 Å². The molecule has 0 saturated carbocycles. The second-order valence-corrected chi connectivity index (χ2v) is 2.45. The zero-order valence-corrected chi connectivity index (χ0v) is 17.5. The van der Waals surface area contributed by atoms with Gasteiger partial charge in [0, 0.05) is 20.8 Å². The van der Waals surface area contributed by atoms with Crippen LogP contribution in [0.25, 0.3) is 0 Å². The largest absolute Gasteiger partial charge is 1.00 e. The molecule has 0 radical (unpaired) electrons. The molecule has 0 aliphatic rings. The van der Waals surface area contributed by atoms with E-state index >= 15 is 0 Å². The Morgan fingerprint density at radius 1 is 0.571 bits per heavy atom. The van der Waals surface area contributed by atoms with Gasteiger partial charge in [-0.25, -0.2) is 0 Å². The van der Waals surface area contributed by atoms with Crippen molar-refractivity contribution in [3.63, 3.8) is 0 Å². The van der Waals surface area contributed by atoms with E-state index in [4.69, 9.17) is 35.0 Å². The number of rotatable bonds is 0. The normalized spacial score (nSPS) is 8.29. The van der Waals surface area contributed by atoms with Crippen LogP contribution in [0.3, 0.4) is 0 Å². The van der Waals surface area contributed by atoms with E-state index in [0.29, 0.717) is 0 Å². The number of hydrogen-bond donors (Lipinski definition) is 0. The van der Waals surface area contributed by atoms with Crippen molar-refractivity contribution in [3.8, 4) is 0 Å². The Morgan fingerprint density at radius 3 is 0.571 bits per heavy atom. The minimum atomic E-state index is -5.17. The van der Waals surface area contributed by atoms with Gasteiger partial charge in [0.25, 0.3) is 0 Å². The van der Waals surface area contributed by atoms with Crippen molar-refractivity contribution < 1.29 is 183 Å². The van der Waals surface area contributed by atoms with Gasteiger partial charge in [-0.05, 0) is 0 Å². The average Bonchev–Trinajstić information content (AvgIpc) is 1.12. The molecule has 84 valence electrons. The summed E-state index contributed by atoms with van der Waals surface area (Å²) >= 11 is 0. The minimum Gasteiger partial charge on any atom is -0.759 e. The Bertz CT molecular complexity index is 220. The summed E-state index contributed by atoms with van der Waals surface area (Å²) in [5.41, 5.74) is 0. The summed E-state index contributed by atoms with van der Waals surface area (Å²) in [6.07, 6.45) is 0. The molecule has 0 N–H and O–H groups in total. The summed E-state index contributed by atoms with van der Waals surface area (Å²) in [6, 6.07) is 0. The fraction of sp³-hybridized carbons (Fsp3) is 0. The van der Waals surface area contributed by atoms with E-state index in [1.807, 2.05) is 0 Å². The summed E-state index contributed by atoms with van der Waals surface area (Å²) in [4.78, 5) is 0. The summed E-state index contributed by atoms with van der Waals surface area (Å²) in [6.45, 7) is 0. The van der Waals surface area contributed by atoms with Crippen molar-refractivity contribution in [3.05, 3.63) is 0 Å². The molecule has 8 nitrogen and oxygen atoms in total. The first-order valence-corrected chi connectivity index (χ1v) is 4.00. The van der Waals surface area contributed by atoms with E-state index < -0.39 is 20.8 Å². The maximum Gasteiger partial charge on any atom is 1.00 e. The molecule has 0 aromatic heterocycles. The topological polar surface area (TPSA) is 161 Å². The second-order valence-electron chi connectivity index (χ2n) is 0.816. The first-order chi connectivity index (χ1) is 4.00. The van der Waals surface area contributed by atoms with Gasteiger partial charge in [-0.15, -0.1) is 0 Å². The molecule has 0 aliphatic carbocycles. The van der Waals surface area contributed by atoms with Crippen LogP contribution in [0.1, 0.15) is 0 Å². The van der Waals surface area contributed by atoms with E-state index in [1.54, 1.807) is 0 Å². The molecule has 14 heteroatoms. The molecular weight excluding hydrogens is 486 g/mol. The van der Waals surface area contributed by atoms with Crippen molar-refractivity contribution in [1.29, 1.82) is 0 Å². The molecule has 0 amide bonds. The molecule has 0 saturated heterocycles. The maximum atomic E-state index is 8.52. The van der Waals surface area contributed by atoms with Crippen molar-refractivity contribution in [2.45, 2.75) is 0 Å². The van der Waals surface area contributed by atoms with Crippen molar-refractivity contribution >= 4 is 20.8 Å². The Hall–Kier alpha value is 4.49. The number of hydrogen-bond acceptors (Lipinski definition) is 8. The Kier molecular flexibility index (Phi) is 45.3. The van der Waals surface area contributed by atoms with Crippen LogP contribution in [0.4, 0.5) is 0 Å². The van der Waals surface area contributed by atoms with E-state index in [2.05, 4.69) is 0 Å². The third-order valence-corrected chi connectivity index (χ3v) is 0. The van der Waals surface area contributed by atoms with Gasteiger partial charge in [0.15, 0.2) is 0 Å². The van der Waals surface area contributed by atoms with Crippen LogP contribution in [-0.2, 0) is 65.6 Å². The van der Waals surface area contributed by atoms with Gasteiger partial charge in [-0.1, -0.05) is 0 Å². The summed E-state index contributed by atoms with van der Waals surface area (Å²) in [5.74, 6) is 0. The molecule has 0 aromatic carbocycles. The van der Waals surface area contributed by atoms with E-state index in [0.717, 1.165) is 0 Å². The molecule has 14 heavy (non-hydrogen) atoms. The van der Waals surface area contributed by atoms with E-state index in [1.165, 1.54) is 0 Å². The van der Waals surface area contributed by atoms with Gasteiger partial charge in [0.2, 0.25) is 0 Å². The molecule has 0 heterocycles. The predicted molar refractivity (Wildman–Crippen MR) is 20.9 cm³/mol. The van der Waals surface area contributed by atoms with Crippen LogP contribution in [0.15, 0.2) is 0 Å². The van der Waals surface area contributed by atoms with Crippen LogP contribution < -0.4 is 103 Å². The SMILES string of the molecule is O=S(=O)([O-])[O-].O=S(=O)([O-])[O-].[Ag+].[Ag+].[K+].[K+]. The molecule has 0 aliphatic heterocycles. The van der Waals surface area contributed by atoms with Gasteiger partial charge in [0.1, 0.15) is 0 Å². The van der Waals surface area contributed by atoms with Gasteiger partial charge in [-0.2, -0.15) is 0 Å². The standard InChI is InChI=1S/2Ag.2K.2H2O4S/c;;;;2*1-5(2,3)4/h;;;;2*(H2,1,2,3,4)/q4*+1;;/p-4. The maximum absolute atomic E-state index is 8.52. The quantitative estimate of drug-likeness (QED) is 0.185. The Morgan fingerprint density at radius 2 is 0.571 bits per heavy atom. The van der Waals surface area contributed by atoms with Gasteiger partial charge in [-0.3, -0.25) is 16.8 Å². The van der Waals surface area contributed by atoms with Gasteiger partial charge >= 0.3 is 148 Å². The zero-order chi connectivity index (χ0) is 9.00. The summed E-state index contributed by atoms with van der Waals surface area (Å²) in [7, 11) is -10.3. The summed E-state index contributed by atoms with van der Waals surface area (Å²) in [5, 5.41) is 0. The van der Waals surface area contributed by atoms with Crippen LogP contribution in [0.5, 0.6) is 0 Å². The molecule has 0 aromatic rings. The van der Waals surface area contributed by atoms with Crippen LogP contribution in [0, 0.1) is 0 Å². The zero-order valence-electron chi connectivity index (χ0n) is 6.69. The molecule has 0 rings (SSSR count).